The summed E-state index contributed by atoms with van der Waals surface area (Å²) in [7, 11) is -3.89. The van der Waals surface area contributed by atoms with Crippen molar-refractivity contribution in [3.05, 3.63) is 59.7 Å². The quantitative estimate of drug-likeness (QED) is 0.583. The number of sulfonamides is 1. The Morgan fingerprint density at radius 1 is 1.19 bits per heavy atom. The first-order chi connectivity index (χ1) is 15.4. The number of para-hydroxylation sites is 1. The molecule has 0 unspecified atom stereocenters. The number of aromatic nitrogens is 2. The number of nitrogens with one attached hydrogen (secondary N) is 1. The summed E-state index contributed by atoms with van der Waals surface area (Å²) >= 11 is 0. The van der Waals surface area contributed by atoms with E-state index in [4.69, 9.17) is 9.26 Å². The molecule has 0 saturated heterocycles. The van der Waals surface area contributed by atoms with Crippen molar-refractivity contribution in [1.29, 1.82) is 0 Å². The Balaban J connectivity index is 1.45. The number of fused-ring (bicyclic) bond motifs is 1. The van der Waals surface area contributed by atoms with E-state index in [0.29, 0.717) is 41.2 Å². The highest BCUT2D eigenvalue weighted by molar-refractivity contribution is 7.92. The summed E-state index contributed by atoms with van der Waals surface area (Å²) < 4.78 is 39.6. The first-order valence-corrected chi connectivity index (χ1v) is 11.9. The predicted molar refractivity (Wildman–Crippen MR) is 116 cm³/mol. The van der Waals surface area contributed by atoms with Gasteiger partial charge in [0, 0.05) is 5.92 Å². The van der Waals surface area contributed by atoms with Crippen LogP contribution in [0.4, 0.5) is 11.4 Å². The van der Waals surface area contributed by atoms with Crippen LogP contribution in [0.1, 0.15) is 43.0 Å². The van der Waals surface area contributed by atoms with Crippen LogP contribution in [-0.4, -0.2) is 31.1 Å². The van der Waals surface area contributed by atoms with Gasteiger partial charge in [-0.25, -0.2) is 8.42 Å². The number of amides is 1. The zero-order valence-corrected chi connectivity index (χ0v) is 18.3. The summed E-state index contributed by atoms with van der Waals surface area (Å²) in [6.07, 6.45) is 2.74. The molecular formula is C22H22N4O5S. The lowest BCUT2D eigenvalue weighted by Gasteiger charge is -2.28. The van der Waals surface area contributed by atoms with Gasteiger partial charge < -0.3 is 9.26 Å². The second kappa shape index (κ2) is 7.94. The molecule has 9 nitrogen and oxygen atoms in total. The van der Waals surface area contributed by atoms with E-state index in [-0.39, 0.29) is 24.0 Å². The zero-order valence-electron chi connectivity index (χ0n) is 17.4. The molecule has 166 valence electrons. The molecular weight excluding hydrogens is 432 g/mol. The number of hydrogen-bond acceptors (Lipinski definition) is 7. The Bertz CT molecular complexity index is 1280. The largest absolute Gasteiger partial charge is 0.482 e. The molecule has 1 saturated carbocycles. The van der Waals surface area contributed by atoms with Crippen LogP contribution >= 0.6 is 0 Å². The highest BCUT2D eigenvalue weighted by Gasteiger charge is 2.32. The average molecular weight is 455 g/mol. The lowest BCUT2D eigenvalue weighted by atomic mass is 10.1. The van der Waals surface area contributed by atoms with Crippen LogP contribution in [-0.2, 0) is 27.8 Å². The van der Waals surface area contributed by atoms with Gasteiger partial charge in [-0.05, 0) is 49.1 Å². The maximum atomic E-state index is 13.1. The van der Waals surface area contributed by atoms with Gasteiger partial charge in [-0.2, -0.15) is 4.98 Å². The topological polar surface area (TPSA) is 115 Å². The van der Waals surface area contributed by atoms with E-state index in [1.165, 1.54) is 17.0 Å². The summed E-state index contributed by atoms with van der Waals surface area (Å²) in [5.74, 6) is 1.36. The zero-order chi connectivity index (χ0) is 22.3. The lowest BCUT2D eigenvalue weighted by Crippen LogP contribution is -2.38. The van der Waals surface area contributed by atoms with E-state index in [0.717, 1.165) is 18.4 Å². The van der Waals surface area contributed by atoms with Crippen LogP contribution in [0.3, 0.4) is 0 Å². The summed E-state index contributed by atoms with van der Waals surface area (Å²) in [6.45, 7) is 1.88. The number of nitrogens with zero attached hydrogens (tertiary/aromatic N) is 3. The second-order valence-electron chi connectivity index (χ2n) is 7.84. The number of carbonyl (C=O) groups excluding carboxylic acids is 1. The molecule has 2 aromatic carbocycles. The number of anilines is 2. The van der Waals surface area contributed by atoms with Crippen molar-refractivity contribution in [3.8, 4) is 5.75 Å². The second-order valence-corrected chi connectivity index (χ2v) is 9.52. The van der Waals surface area contributed by atoms with Crippen molar-refractivity contribution in [2.24, 2.45) is 0 Å². The molecule has 1 fully saturated rings. The molecule has 2 aliphatic rings. The summed E-state index contributed by atoms with van der Waals surface area (Å²) in [5, 5.41) is 3.97. The smallest absolute Gasteiger partial charge is 0.265 e. The third kappa shape index (κ3) is 3.93. The minimum atomic E-state index is -3.89. The van der Waals surface area contributed by atoms with E-state index in [1.54, 1.807) is 18.2 Å². The summed E-state index contributed by atoms with van der Waals surface area (Å²) in [4.78, 5) is 18.4. The van der Waals surface area contributed by atoms with Crippen molar-refractivity contribution in [2.75, 3.05) is 16.2 Å². The van der Waals surface area contributed by atoms with Crippen LogP contribution in [0.25, 0.3) is 0 Å². The van der Waals surface area contributed by atoms with Gasteiger partial charge in [0.05, 0.1) is 22.8 Å². The molecule has 1 aromatic heterocycles. The Morgan fingerprint density at radius 2 is 2.00 bits per heavy atom. The molecule has 10 heteroatoms. The first-order valence-electron chi connectivity index (χ1n) is 10.4. The van der Waals surface area contributed by atoms with Gasteiger partial charge >= 0.3 is 0 Å². The monoisotopic (exact) mass is 454 g/mol. The molecule has 5 rings (SSSR count). The fourth-order valence-electron chi connectivity index (χ4n) is 3.62. The molecule has 2 heterocycles. The van der Waals surface area contributed by atoms with Crippen molar-refractivity contribution >= 4 is 27.3 Å². The van der Waals surface area contributed by atoms with Crippen LogP contribution in [0.2, 0.25) is 0 Å². The highest BCUT2D eigenvalue weighted by atomic mass is 32.2. The normalized spacial score (nSPS) is 15.9. The third-order valence-electron chi connectivity index (χ3n) is 5.54. The molecule has 32 heavy (non-hydrogen) atoms. The molecule has 1 aliphatic heterocycles. The molecule has 1 N–H and O–H groups in total. The SMILES string of the molecule is CCc1ccccc1NS(=O)(=O)c1ccc2c(c1)N(Cc1noc(C3CC3)n1)C(=O)CO2. The van der Waals surface area contributed by atoms with E-state index in [2.05, 4.69) is 14.9 Å². The molecule has 0 spiro atoms. The molecule has 0 atom stereocenters. The van der Waals surface area contributed by atoms with Crippen LogP contribution < -0.4 is 14.4 Å². The number of rotatable bonds is 7. The van der Waals surface area contributed by atoms with Crippen molar-refractivity contribution < 1.29 is 22.5 Å². The molecule has 1 amide bonds. The number of benzene rings is 2. The summed E-state index contributed by atoms with van der Waals surface area (Å²) in [5.41, 5.74) is 1.76. The fraction of sp³-hybridized carbons (Fsp3) is 0.318. The predicted octanol–water partition coefficient (Wildman–Crippen LogP) is 3.24. The number of aryl methyl sites for hydroxylation is 1. The maximum Gasteiger partial charge on any atom is 0.265 e. The van der Waals surface area contributed by atoms with E-state index in [1.807, 2.05) is 19.1 Å². The lowest BCUT2D eigenvalue weighted by molar-refractivity contribution is -0.121. The molecule has 1 aliphatic carbocycles. The van der Waals surface area contributed by atoms with E-state index in [9.17, 15) is 13.2 Å². The maximum absolute atomic E-state index is 13.1. The standard InChI is InChI=1S/C22H22N4O5S/c1-2-14-5-3-4-6-17(14)25-32(28,29)16-9-10-19-18(11-16)26(21(27)13-30-19)12-20-23-22(31-24-20)15-7-8-15/h3-6,9-11,15,25H,2,7-8,12-13H2,1H3. The van der Waals surface area contributed by atoms with Crippen molar-refractivity contribution in [2.45, 2.75) is 43.5 Å². The Labute approximate surface area is 185 Å². The third-order valence-corrected chi connectivity index (χ3v) is 6.90. The van der Waals surface area contributed by atoms with Gasteiger partial charge in [0.25, 0.3) is 15.9 Å². The number of ether oxygens (including phenoxy) is 1. The van der Waals surface area contributed by atoms with Crippen molar-refractivity contribution in [1.82, 2.24) is 10.1 Å². The van der Waals surface area contributed by atoms with Crippen LogP contribution in [0.5, 0.6) is 5.75 Å². The highest BCUT2D eigenvalue weighted by Crippen LogP contribution is 2.39. The van der Waals surface area contributed by atoms with E-state index >= 15 is 0 Å². The van der Waals surface area contributed by atoms with Gasteiger partial charge in [0.1, 0.15) is 5.75 Å². The Morgan fingerprint density at radius 3 is 2.78 bits per heavy atom. The van der Waals surface area contributed by atoms with Crippen LogP contribution in [0.15, 0.2) is 51.9 Å². The fourth-order valence-corrected chi connectivity index (χ4v) is 4.74. The van der Waals surface area contributed by atoms with E-state index < -0.39 is 10.0 Å². The minimum Gasteiger partial charge on any atom is -0.482 e. The van der Waals surface area contributed by atoms with Gasteiger partial charge in [0.2, 0.25) is 5.89 Å². The summed E-state index contributed by atoms with van der Waals surface area (Å²) in [6, 6.07) is 11.7. The van der Waals surface area contributed by atoms with Crippen molar-refractivity contribution in [3.63, 3.8) is 0 Å². The van der Waals surface area contributed by atoms with Gasteiger partial charge in [-0.3, -0.25) is 14.4 Å². The number of carbonyl (C=O) groups is 1. The number of hydrogen-bond donors (Lipinski definition) is 1. The Kier molecular flexibility index (Phi) is 5.09. The van der Waals surface area contributed by atoms with Gasteiger partial charge in [-0.15, -0.1) is 0 Å². The molecule has 3 aromatic rings. The minimum absolute atomic E-state index is 0.0252. The average Bonchev–Trinajstić information content (AvgIpc) is 3.54. The molecule has 0 bridgehead atoms. The van der Waals surface area contributed by atoms with Gasteiger partial charge in [0.15, 0.2) is 12.4 Å². The Hall–Kier alpha value is -3.40. The van der Waals surface area contributed by atoms with Gasteiger partial charge in [-0.1, -0.05) is 30.3 Å². The molecule has 0 radical (unpaired) electrons. The first kappa shape index (κ1) is 20.5. The van der Waals surface area contributed by atoms with Crippen LogP contribution in [0, 0.1) is 0 Å².